The summed E-state index contributed by atoms with van der Waals surface area (Å²) in [6.45, 7) is 4.09. The minimum absolute atomic E-state index is 0.173. The van der Waals surface area contributed by atoms with Crippen LogP contribution in [0.5, 0.6) is 0 Å². The fourth-order valence-corrected chi connectivity index (χ4v) is 3.87. The smallest absolute Gasteiger partial charge is 0.261 e. The molecule has 1 atom stereocenters. The zero-order chi connectivity index (χ0) is 20.5. The van der Waals surface area contributed by atoms with Crippen molar-refractivity contribution in [2.45, 2.75) is 51.6 Å². The molecule has 3 heterocycles. The summed E-state index contributed by atoms with van der Waals surface area (Å²) in [6.07, 6.45) is 0.654. The van der Waals surface area contributed by atoms with Gasteiger partial charge in [-0.1, -0.05) is 26.0 Å². The van der Waals surface area contributed by atoms with Crippen LogP contribution in [-0.2, 0) is 6.54 Å². The van der Waals surface area contributed by atoms with Gasteiger partial charge < -0.3 is 4.90 Å². The van der Waals surface area contributed by atoms with Crippen molar-refractivity contribution < 1.29 is 8.78 Å². The molecule has 1 fully saturated rings. The van der Waals surface area contributed by atoms with Gasteiger partial charge in [-0.2, -0.15) is 0 Å². The fourth-order valence-electron chi connectivity index (χ4n) is 3.87. The molecule has 0 saturated carbocycles. The monoisotopic (exact) mass is 399 g/mol. The van der Waals surface area contributed by atoms with E-state index in [1.165, 1.54) is 0 Å². The van der Waals surface area contributed by atoms with Gasteiger partial charge in [0.1, 0.15) is 17.5 Å². The Morgan fingerprint density at radius 2 is 1.97 bits per heavy atom. The second-order valence-electron chi connectivity index (χ2n) is 7.57. The maximum absolute atomic E-state index is 13.3. The van der Waals surface area contributed by atoms with Crippen molar-refractivity contribution in [2.75, 3.05) is 11.4 Å². The van der Waals surface area contributed by atoms with Gasteiger partial charge in [-0.25, -0.2) is 23.7 Å². The van der Waals surface area contributed by atoms with Crippen LogP contribution in [0.25, 0.3) is 10.9 Å². The van der Waals surface area contributed by atoms with E-state index in [9.17, 15) is 13.6 Å². The molecule has 1 unspecified atom stereocenters. The third-order valence-electron chi connectivity index (χ3n) is 5.23. The summed E-state index contributed by atoms with van der Waals surface area (Å²) < 4.78 is 27.8. The number of rotatable bonds is 5. The van der Waals surface area contributed by atoms with E-state index in [-0.39, 0.29) is 12.0 Å². The van der Waals surface area contributed by atoms with Gasteiger partial charge in [0.25, 0.3) is 12.0 Å². The highest BCUT2D eigenvalue weighted by Crippen LogP contribution is 2.35. The minimum Gasteiger partial charge on any atom is -0.346 e. The molecule has 0 spiro atoms. The average molecular weight is 399 g/mol. The molecular weight excluding hydrogens is 376 g/mol. The highest BCUT2D eigenvalue weighted by atomic mass is 19.3. The third-order valence-corrected chi connectivity index (χ3v) is 5.23. The quantitative estimate of drug-likeness (QED) is 0.651. The van der Waals surface area contributed by atoms with E-state index in [2.05, 4.69) is 15.0 Å². The SMILES string of the molecule is CC(C)c1nccc(N2CCCC2c2nc3ccccc3c(=O)n2CC(F)F)n1. The molecule has 152 valence electrons. The number of aromatic nitrogens is 4. The molecule has 0 N–H and O–H groups in total. The Kier molecular flexibility index (Phi) is 5.25. The van der Waals surface area contributed by atoms with Gasteiger partial charge in [0.15, 0.2) is 0 Å². The number of benzene rings is 1. The molecule has 0 aliphatic carbocycles. The Hall–Kier alpha value is -2.90. The normalized spacial score (nSPS) is 17.0. The lowest BCUT2D eigenvalue weighted by atomic mass is 10.1. The second kappa shape index (κ2) is 7.85. The van der Waals surface area contributed by atoms with E-state index in [0.717, 1.165) is 35.6 Å². The number of fused-ring (bicyclic) bond motifs is 1. The van der Waals surface area contributed by atoms with Crippen molar-refractivity contribution in [3.63, 3.8) is 0 Å². The first-order chi connectivity index (χ1) is 14.0. The van der Waals surface area contributed by atoms with Gasteiger partial charge in [-0.15, -0.1) is 0 Å². The van der Waals surface area contributed by atoms with Gasteiger partial charge in [0, 0.05) is 18.7 Å². The van der Waals surface area contributed by atoms with Gasteiger partial charge in [0.2, 0.25) is 0 Å². The van der Waals surface area contributed by atoms with Crippen LogP contribution in [0.1, 0.15) is 50.3 Å². The van der Waals surface area contributed by atoms with Crippen molar-refractivity contribution >= 4 is 16.7 Å². The van der Waals surface area contributed by atoms with Gasteiger partial charge >= 0.3 is 0 Å². The maximum Gasteiger partial charge on any atom is 0.261 e. The lowest BCUT2D eigenvalue weighted by molar-refractivity contribution is 0.123. The summed E-state index contributed by atoms with van der Waals surface area (Å²) in [7, 11) is 0. The molecule has 29 heavy (non-hydrogen) atoms. The van der Waals surface area contributed by atoms with Gasteiger partial charge in [0.05, 0.1) is 23.5 Å². The second-order valence-corrected chi connectivity index (χ2v) is 7.57. The van der Waals surface area contributed by atoms with E-state index in [1.54, 1.807) is 30.5 Å². The summed E-state index contributed by atoms with van der Waals surface area (Å²) in [5.41, 5.74) is 0.0960. The van der Waals surface area contributed by atoms with Crippen LogP contribution in [0.2, 0.25) is 0 Å². The zero-order valence-electron chi connectivity index (χ0n) is 16.4. The first-order valence-corrected chi connectivity index (χ1v) is 9.83. The standard InChI is InChI=1S/C21H23F2N5O/c1-13(2)19-24-10-9-18(26-19)27-11-5-8-16(27)20-25-15-7-4-3-6-14(15)21(29)28(20)12-17(22)23/h3-4,6-7,9-10,13,16-17H,5,8,11-12H2,1-2H3. The number of hydrogen-bond donors (Lipinski definition) is 0. The summed E-state index contributed by atoms with van der Waals surface area (Å²) >= 11 is 0. The highest BCUT2D eigenvalue weighted by molar-refractivity contribution is 5.77. The third kappa shape index (κ3) is 3.71. The van der Waals surface area contributed by atoms with Crippen LogP contribution in [-0.4, -0.2) is 32.5 Å². The first kappa shape index (κ1) is 19.4. The van der Waals surface area contributed by atoms with Crippen molar-refractivity contribution in [1.29, 1.82) is 0 Å². The molecule has 8 heteroatoms. The van der Waals surface area contributed by atoms with E-state index < -0.39 is 18.5 Å². The average Bonchev–Trinajstić information content (AvgIpc) is 3.19. The van der Waals surface area contributed by atoms with E-state index in [1.807, 2.05) is 24.8 Å². The molecule has 2 aromatic heterocycles. The Balaban J connectivity index is 1.84. The number of alkyl halides is 2. The predicted molar refractivity (Wildman–Crippen MR) is 107 cm³/mol. The van der Waals surface area contributed by atoms with Crippen LogP contribution in [0.4, 0.5) is 14.6 Å². The van der Waals surface area contributed by atoms with Crippen LogP contribution in [0, 0.1) is 0 Å². The maximum atomic E-state index is 13.3. The van der Waals surface area contributed by atoms with E-state index >= 15 is 0 Å². The zero-order valence-corrected chi connectivity index (χ0v) is 16.4. The van der Waals surface area contributed by atoms with Crippen LogP contribution in [0.3, 0.4) is 0 Å². The van der Waals surface area contributed by atoms with Crippen molar-refractivity contribution in [2.24, 2.45) is 0 Å². The lowest BCUT2D eigenvalue weighted by Gasteiger charge is -2.28. The van der Waals surface area contributed by atoms with Crippen LogP contribution < -0.4 is 10.5 Å². The van der Waals surface area contributed by atoms with Crippen LogP contribution in [0.15, 0.2) is 41.3 Å². The lowest BCUT2D eigenvalue weighted by Crippen LogP contribution is -2.34. The van der Waals surface area contributed by atoms with Crippen LogP contribution >= 0.6 is 0 Å². The number of nitrogens with zero attached hydrogens (tertiary/aromatic N) is 5. The predicted octanol–water partition coefficient (Wildman–Crippen LogP) is 3.92. The Bertz CT molecular complexity index is 1080. The number of halogens is 2. The molecule has 1 aliphatic rings. The van der Waals surface area contributed by atoms with E-state index in [0.29, 0.717) is 16.7 Å². The Morgan fingerprint density at radius 3 is 2.72 bits per heavy atom. The van der Waals surface area contributed by atoms with Gasteiger partial charge in [-0.3, -0.25) is 9.36 Å². The Morgan fingerprint density at radius 1 is 1.17 bits per heavy atom. The molecular formula is C21H23F2N5O. The molecule has 1 saturated heterocycles. The molecule has 1 aliphatic heterocycles. The van der Waals surface area contributed by atoms with Crippen molar-refractivity contribution in [3.05, 3.63) is 58.5 Å². The number of para-hydroxylation sites is 1. The molecule has 0 radical (unpaired) electrons. The Labute approximate surface area is 167 Å². The summed E-state index contributed by atoms with van der Waals surface area (Å²) in [5, 5.41) is 0.352. The molecule has 0 bridgehead atoms. The molecule has 0 amide bonds. The summed E-state index contributed by atoms with van der Waals surface area (Å²) in [6, 6.07) is 8.41. The van der Waals surface area contributed by atoms with Gasteiger partial charge in [-0.05, 0) is 31.0 Å². The largest absolute Gasteiger partial charge is 0.346 e. The molecule has 6 nitrogen and oxygen atoms in total. The van der Waals surface area contributed by atoms with E-state index in [4.69, 9.17) is 0 Å². The molecule has 1 aromatic carbocycles. The number of hydrogen-bond acceptors (Lipinski definition) is 5. The fraction of sp³-hybridized carbons (Fsp3) is 0.429. The molecule has 4 rings (SSSR count). The van der Waals surface area contributed by atoms with Crippen molar-refractivity contribution in [3.8, 4) is 0 Å². The minimum atomic E-state index is -2.64. The summed E-state index contributed by atoms with van der Waals surface area (Å²) in [4.78, 5) is 28.6. The topological polar surface area (TPSA) is 63.9 Å². The highest BCUT2D eigenvalue weighted by Gasteiger charge is 2.32. The molecule has 3 aromatic rings. The summed E-state index contributed by atoms with van der Waals surface area (Å²) in [5.74, 6) is 2.00. The first-order valence-electron chi connectivity index (χ1n) is 9.83. The van der Waals surface area contributed by atoms with Crippen molar-refractivity contribution in [1.82, 2.24) is 19.5 Å². The number of anilines is 1.